The van der Waals surface area contributed by atoms with Crippen molar-refractivity contribution in [2.45, 2.75) is 24.9 Å². The molecule has 1 saturated heterocycles. The van der Waals surface area contributed by atoms with Crippen LogP contribution in [0.1, 0.15) is 29.5 Å². The maximum atomic E-state index is 12.9. The molecule has 1 N–H and O–H groups in total. The lowest BCUT2D eigenvalue weighted by atomic mass is 9.72. The molecule has 160 valence electrons. The van der Waals surface area contributed by atoms with E-state index >= 15 is 0 Å². The quantitative estimate of drug-likeness (QED) is 0.537. The van der Waals surface area contributed by atoms with Crippen LogP contribution in [0.15, 0.2) is 78.9 Å². The molecule has 0 radical (unpaired) electrons. The third kappa shape index (κ3) is 4.64. The van der Waals surface area contributed by atoms with Gasteiger partial charge in [0.2, 0.25) is 5.91 Å². The van der Waals surface area contributed by atoms with E-state index in [1.165, 1.54) is 0 Å². The van der Waals surface area contributed by atoms with Gasteiger partial charge in [-0.05, 0) is 47.6 Å². The highest BCUT2D eigenvalue weighted by molar-refractivity contribution is 6.35. The van der Waals surface area contributed by atoms with Gasteiger partial charge in [-0.2, -0.15) is 0 Å². The van der Waals surface area contributed by atoms with Gasteiger partial charge in [0.05, 0.1) is 6.42 Å². The van der Waals surface area contributed by atoms with Crippen LogP contribution < -0.4 is 0 Å². The van der Waals surface area contributed by atoms with E-state index in [2.05, 4.69) is 0 Å². The summed E-state index contributed by atoms with van der Waals surface area (Å²) in [4.78, 5) is 14.7. The predicted octanol–water partition coefficient (Wildman–Crippen LogP) is 5.71. The summed E-state index contributed by atoms with van der Waals surface area (Å²) in [6.07, 6.45) is 1.70. The van der Waals surface area contributed by atoms with Gasteiger partial charge in [0, 0.05) is 23.1 Å². The highest BCUT2D eigenvalue weighted by Gasteiger charge is 2.42. The Bertz CT molecular complexity index is 992. The smallest absolute Gasteiger partial charge is 0.227 e. The van der Waals surface area contributed by atoms with Gasteiger partial charge in [0.25, 0.3) is 0 Å². The Morgan fingerprint density at radius 2 is 1.45 bits per heavy atom. The van der Waals surface area contributed by atoms with Crippen molar-refractivity contribution in [1.82, 2.24) is 4.90 Å². The minimum absolute atomic E-state index is 0.0143. The molecule has 1 fully saturated rings. The van der Waals surface area contributed by atoms with E-state index in [1.54, 1.807) is 18.2 Å². The molecule has 31 heavy (non-hydrogen) atoms. The van der Waals surface area contributed by atoms with Crippen molar-refractivity contribution in [2.24, 2.45) is 5.92 Å². The molecule has 0 atom stereocenters. The fourth-order valence-corrected chi connectivity index (χ4v) is 4.98. The highest BCUT2D eigenvalue weighted by Crippen LogP contribution is 2.42. The first kappa shape index (κ1) is 21.9. The average molecular weight is 454 g/mol. The van der Waals surface area contributed by atoms with E-state index < -0.39 is 5.60 Å². The lowest BCUT2D eigenvalue weighted by molar-refractivity contribution is -0.133. The third-order valence-corrected chi connectivity index (χ3v) is 6.81. The van der Waals surface area contributed by atoms with Crippen molar-refractivity contribution in [3.8, 4) is 0 Å². The number of rotatable bonds is 5. The molecule has 0 unspecified atom stereocenters. The Labute approximate surface area is 193 Å². The molecule has 1 heterocycles. The molecule has 0 bridgehead atoms. The second kappa shape index (κ2) is 9.44. The maximum absolute atomic E-state index is 12.9. The SMILES string of the molecule is O=C(Cc1ccc(Cl)cc1Cl)N1CCC(C(O)(c2ccccc2)c2ccccc2)CC1. The zero-order chi connectivity index (χ0) is 21.8. The Morgan fingerprint density at radius 1 is 0.903 bits per heavy atom. The summed E-state index contributed by atoms with van der Waals surface area (Å²) < 4.78 is 0. The van der Waals surface area contributed by atoms with Crippen molar-refractivity contribution >= 4 is 29.1 Å². The molecular formula is C26H25Cl2NO2. The van der Waals surface area contributed by atoms with Crippen LogP contribution in [0.5, 0.6) is 0 Å². The second-order valence-electron chi connectivity index (χ2n) is 8.07. The molecule has 3 aromatic rings. The minimum atomic E-state index is -1.09. The van der Waals surface area contributed by atoms with Crippen molar-refractivity contribution in [3.05, 3.63) is 106 Å². The largest absolute Gasteiger partial charge is 0.380 e. The molecule has 1 aliphatic heterocycles. The summed E-state index contributed by atoms with van der Waals surface area (Å²) in [7, 11) is 0. The van der Waals surface area contributed by atoms with Gasteiger partial charge in [-0.1, -0.05) is 89.9 Å². The number of hydrogen-bond acceptors (Lipinski definition) is 2. The lowest BCUT2D eigenvalue weighted by Crippen LogP contribution is -2.46. The third-order valence-electron chi connectivity index (χ3n) is 6.22. The maximum Gasteiger partial charge on any atom is 0.227 e. The number of benzene rings is 3. The summed E-state index contributed by atoms with van der Waals surface area (Å²) in [6, 6.07) is 24.9. The summed E-state index contributed by atoms with van der Waals surface area (Å²) in [5.74, 6) is 0.0612. The van der Waals surface area contributed by atoms with Crippen molar-refractivity contribution in [2.75, 3.05) is 13.1 Å². The van der Waals surface area contributed by atoms with Gasteiger partial charge in [0.1, 0.15) is 5.60 Å². The Hall–Kier alpha value is -2.33. The topological polar surface area (TPSA) is 40.5 Å². The van der Waals surface area contributed by atoms with E-state index in [0.29, 0.717) is 23.1 Å². The summed E-state index contributed by atoms with van der Waals surface area (Å²) in [5, 5.41) is 13.0. The summed E-state index contributed by atoms with van der Waals surface area (Å²) in [6.45, 7) is 1.22. The number of likely N-dealkylation sites (tertiary alicyclic amines) is 1. The zero-order valence-electron chi connectivity index (χ0n) is 17.2. The molecule has 3 aromatic carbocycles. The Morgan fingerprint density at radius 3 is 1.97 bits per heavy atom. The standard InChI is InChI=1S/C26H25Cl2NO2/c27-23-12-11-19(24(28)18-23)17-25(30)29-15-13-22(14-16-29)26(31,20-7-3-1-4-8-20)21-9-5-2-6-10-21/h1-12,18,22,31H,13-17H2. The normalized spacial score (nSPS) is 15.1. The fourth-order valence-electron chi connectivity index (χ4n) is 4.51. The number of amides is 1. The van der Waals surface area contributed by atoms with Crippen molar-refractivity contribution in [3.63, 3.8) is 0 Å². The Kier molecular flexibility index (Phi) is 6.66. The first-order valence-corrected chi connectivity index (χ1v) is 11.3. The molecule has 0 saturated carbocycles. The molecule has 4 rings (SSSR count). The van der Waals surface area contributed by atoms with Gasteiger partial charge < -0.3 is 10.0 Å². The van der Waals surface area contributed by atoms with Gasteiger partial charge in [-0.25, -0.2) is 0 Å². The number of halogens is 2. The van der Waals surface area contributed by atoms with Crippen LogP contribution in [0.2, 0.25) is 10.0 Å². The van der Waals surface area contributed by atoms with Crippen LogP contribution in [0.25, 0.3) is 0 Å². The van der Waals surface area contributed by atoms with E-state index in [-0.39, 0.29) is 18.2 Å². The highest BCUT2D eigenvalue weighted by atomic mass is 35.5. The number of hydrogen-bond donors (Lipinski definition) is 1. The van der Waals surface area contributed by atoms with Crippen molar-refractivity contribution in [1.29, 1.82) is 0 Å². The van der Waals surface area contributed by atoms with E-state index in [9.17, 15) is 9.90 Å². The van der Waals surface area contributed by atoms with E-state index in [0.717, 1.165) is 29.5 Å². The Balaban J connectivity index is 1.50. The second-order valence-corrected chi connectivity index (χ2v) is 8.91. The van der Waals surface area contributed by atoms with Crippen molar-refractivity contribution < 1.29 is 9.90 Å². The molecule has 1 amide bonds. The first-order valence-electron chi connectivity index (χ1n) is 10.5. The minimum Gasteiger partial charge on any atom is -0.380 e. The zero-order valence-corrected chi connectivity index (χ0v) is 18.7. The molecule has 3 nitrogen and oxygen atoms in total. The number of nitrogens with zero attached hydrogens (tertiary/aromatic N) is 1. The van der Waals surface area contributed by atoms with Gasteiger partial charge in [-0.3, -0.25) is 4.79 Å². The van der Waals surface area contributed by atoms with Gasteiger partial charge in [-0.15, -0.1) is 0 Å². The molecular weight excluding hydrogens is 429 g/mol. The number of aliphatic hydroxyl groups is 1. The van der Waals surface area contributed by atoms with Crippen LogP contribution >= 0.6 is 23.2 Å². The van der Waals surface area contributed by atoms with E-state index in [4.69, 9.17) is 23.2 Å². The number of piperidine rings is 1. The molecule has 5 heteroatoms. The monoisotopic (exact) mass is 453 g/mol. The fraction of sp³-hybridized carbons (Fsp3) is 0.269. The average Bonchev–Trinajstić information content (AvgIpc) is 2.81. The van der Waals surface area contributed by atoms with E-state index in [1.807, 2.05) is 65.6 Å². The summed E-state index contributed by atoms with van der Waals surface area (Å²) in [5.41, 5.74) is 1.47. The van der Waals surface area contributed by atoms with Crippen LogP contribution in [0.3, 0.4) is 0 Å². The number of carbonyl (C=O) groups is 1. The molecule has 0 aliphatic carbocycles. The summed E-state index contributed by atoms with van der Waals surface area (Å²) >= 11 is 12.2. The van der Waals surface area contributed by atoms with Crippen LogP contribution in [0.4, 0.5) is 0 Å². The lowest BCUT2D eigenvalue weighted by Gasteiger charge is -2.42. The van der Waals surface area contributed by atoms with Crippen LogP contribution in [-0.2, 0) is 16.8 Å². The molecule has 0 spiro atoms. The first-order chi connectivity index (χ1) is 15.0. The van der Waals surface area contributed by atoms with Gasteiger partial charge >= 0.3 is 0 Å². The molecule has 1 aliphatic rings. The number of carbonyl (C=O) groups excluding carboxylic acids is 1. The predicted molar refractivity (Wildman–Crippen MR) is 125 cm³/mol. The van der Waals surface area contributed by atoms with Gasteiger partial charge in [0.15, 0.2) is 0 Å². The van der Waals surface area contributed by atoms with Crippen LogP contribution in [-0.4, -0.2) is 29.0 Å². The molecule has 0 aromatic heterocycles. The van der Waals surface area contributed by atoms with Crippen LogP contribution in [0, 0.1) is 5.92 Å².